The van der Waals surface area contributed by atoms with E-state index < -0.39 is 28.2 Å². The van der Waals surface area contributed by atoms with Crippen LogP contribution in [0.2, 0.25) is 0 Å². The standard InChI is InChI=1S/C17H17FO5S/c1-3-24(21,22)13-5-6-14(11(2)8-13)15-9-12(18)4-7-16(15)23-10-17(19)20/h4-9H,3,10H2,1-2H3,(H,19,20). The second-order valence-electron chi connectivity index (χ2n) is 5.20. The minimum Gasteiger partial charge on any atom is -0.481 e. The summed E-state index contributed by atoms with van der Waals surface area (Å²) in [5, 5.41) is 8.73. The monoisotopic (exact) mass is 352 g/mol. The Kier molecular flexibility index (Phi) is 5.23. The molecule has 2 rings (SSSR count). The fraction of sp³-hybridized carbons (Fsp3) is 0.235. The molecule has 0 bridgehead atoms. The Morgan fingerprint density at radius 3 is 2.46 bits per heavy atom. The molecule has 0 heterocycles. The van der Waals surface area contributed by atoms with E-state index in [1.54, 1.807) is 19.9 Å². The largest absolute Gasteiger partial charge is 0.481 e. The van der Waals surface area contributed by atoms with Crippen LogP contribution in [0.25, 0.3) is 11.1 Å². The van der Waals surface area contributed by atoms with Gasteiger partial charge in [0.2, 0.25) is 0 Å². The number of rotatable bonds is 6. The van der Waals surface area contributed by atoms with Crippen LogP contribution in [0.5, 0.6) is 5.75 Å². The topological polar surface area (TPSA) is 80.7 Å². The van der Waals surface area contributed by atoms with Gasteiger partial charge in [0.05, 0.1) is 10.6 Å². The Hall–Kier alpha value is -2.41. The lowest BCUT2D eigenvalue weighted by atomic mass is 9.99. The van der Waals surface area contributed by atoms with E-state index >= 15 is 0 Å². The molecule has 128 valence electrons. The van der Waals surface area contributed by atoms with E-state index in [9.17, 15) is 17.6 Å². The molecule has 2 aromatic carbocycles. The van der Waals surface area contributed by atoms with E-state index in [0.29, 0.717) is 16.7 Å². The molecule has 0 aromatic heterocycles. The van der Waals surface area contributed by atoms with Gasteiger partial charge in [-0.3, -0.25) is 0 Å². The van der Waals surface area contributed by atoms with Gasteiger partial charge < -0.3 is 9.84 Å². The summed E-state index contributed by atoms with van der Waals surface area (Å²) in [6.07, 6.45) is 0. The Bertz CT molecular complexity index is 875. The third-order valence-corrected chi connectivity index (χ3v) is 5.25. The molecular formula is C17H17FO5S. The normalized spacial score (nSPS) is 11.3. The van der Waals surface area contributed by atoms with Gasteiger partial charge in [-0.25, -0.2) is 17.6 Å². The highest BCUT2D eigenvalue weighted by molar-refractivity contribution is 7.91. The third kappa shape index (κ3) is 3.91. The average molecular weight is 352 g/mol. The van der Waals surface area contributed by atoms with Crippen molar-refractivity contribution in [3.63, 3.8) is 0 Å². The van der Waals surface area contributed by atoms with Crippen LogP contribution >= 0.6 is 0 Å². The highest BCUT2D eigenvalue weighted by atomic mass is 32.2. The lowest BCUT2D eigenvalue weighted by molar-refractivity contribution is -0.139. The lowest BCUT2D eigenvalue weighted by Gasteiger charge is -2.13. The summed E-state index contributed by atoms with van der Waals surface area (Å²) < 4.78 is 42.7. The third-order valence-electron chi connectivity index (χ3n) is 3.52. The molecule has 0 amide bonds. The van der Waals surface area contributed by atoms with E-state index in [1.165, 1.54) is 30.3 Å². The van der Waals surface area contributed by atoms with Gasteiger partial charge in [0.1, 0.15) is 11.6 Å². The molecule has 0 fully saturated rings. The SMILES string of the molecule is CCS(=O)(=O)c1ccc(-c2cc(F)ccc2OCC(=O)O)c(C)c1. The number of benzene rings is 2. The number of halogens is 1. The second-order valence-corrected chi connectivity index (χ2v) is 7.48. The van der Waals surface area contributed by atoms with Crippen LogP contribution in [-0.2, 0) is 14.6 Å². The zero-order valence-electron chi connectivity index (χ0n) is 13.2. The van der Waals surface area contributed by atoms with Gasteiger partial charge in [-0.15, -0.1) is 0 Å². The van der Waals surface area contributed by atoms with Crippen molar-refractivity contribution in [1.29, 1.82) is 0 Å². The van der Waals surface area contributed by atoms with Gasteiger partial charge in [0, 0.05) is 5.56 Å². The number of hydrogen-bond donors (Lipinski definition) is 1. The van der Waals surface area contributed by atoms with Crippen molar-refractivity contribution in [2.24, 2.45) is 0 Å². The number of hydrogen-bond acceptors (Lipinski definition) is 4. The maximum atomic E-state index is 13.6. The van der Waals surface area contributed by atoms with E-state index in [0.717, 1.165) is 0 Å². The van der Waals surface area contributed by atoms with Gasteiger partial charge in [-0.05, 0) is 48.4 Å². The minimum atomic E-state index is -3.34. The molecule has 2 aromatic rings. The molecule has 0 aliphatic heterocycles. The van der Waals surface area contributed by atoms with Crippen molar-refractivity contribution in [3.8, 4) is 16.9 Å². The van der Waals surface area contributed by atoms with Crippen molar-refractivity contribution >= 4 is 15.8 Å². The van der Waals surface area contributed by atoms with Gasteiger partial charge in [0.15, 0.2) is 16.4 Å². The molecule has 0 unspecified atom stereocenters. The van der Waals surface area contributed by atoms with Gasteiger partial charge in [-0.2, -0.15) is 0 Å². The first-order valence-corrected chi connectivity index (χ1v) is 8.87. The summed E-state index contributed by atoms with van der Waals surface area (Å²) in [5.41, 5.74) is 1.56. The quantitative estimate of drug-likeness (QED) is 0.864. The van der Waals surface area contributed by atoms with E-state index in [2.05, 4.69) is 0 Å². The number of carboxylic acids is 1. The second kappa shape index (κ2) is 7.00. The summed E-state index contributed by atoms with van der Waals surface area (Å²) in [5.74, 6) is -1.45. The number of aliphatic carboxylic acids is 1. The van der Waals surface area contributed by atoms with Gasteiger partial charge in [-0.1, -0.05) is 13.0 Å². The van der Waals surface area contributed by atoms with Crippen LogP contribution in [-0.4, -0.2) is 31.9 Å². The molecule has 0 spiro atoms. The summed E-state index contributed by atoms with van der Waals surface area (Å²) in [6, 6.07) is 8.29. The molecule has 24 heavy (non-hydrogen) atoms. The first kappa shape index (κ1) is 17.9. The Morgan fingerprint density at radius 2 is 1.88 bits per heavy atom. The van der Waals surface area contributed by atoms with Gasteiger partial charge in [0.25, 0.3) is 0 Å². The van der Waals surface area contributed by atoms with E-state index in [4.69, 9.17) is 9.84 Å². The molecule has 0 atom stereocenters. The minimum absolute atomic E-state index is 0.0152. The molecule has 7 heteroatoms. The number of aryl methyl sites for hydroxylation is 1. The first-order valence-electron chi connectivity index (χ1n) is 7.22. The van der Waals surface area contributed by atoms with Crippen molar-refractivity contribution in [2.45, 2.75) is 18.7 Å². The van der Waals surface area contributed by atoms with Crippen molar-refractivity contribution < 1.29 is 27.4 Å². The smallest absolute Gasteiger partial charge is 0.341 e. The van der Waals surface area contributed by atoms with Crippen molar-refractivity contribution in [2.75, 3.05) is 12.4 Å². The van der Waals surface area contributed by atoms with Crippen molar-refractivity contribution in [3.05, 3.63) is 47.8 Å². The maximum absolute atomic E-state index is 13.6. The molecule has 0 radical (unpaired) electrons. The summed E-state index contributed by atoms with van der Waals surface area (Å²) in [4.78, 5) is 10.9. The lowest BCUT2D eigenvalue weighted by Crippen LogP contribution is -2.10. The Labute approximate surface area is 139 Å². The Balaban J connectivity index is 2.52. The van der Waals surface area contributed by atoms with Crippen LogP contribution < -0.4 is 4.74 Å². The molecule has 1 N–H and O–H groups in total. The highest BCUT2D eigenvalue weighted by Crippen LogP contribution is 2.34. The number of carbonyl (C=O) groups is 1. The Morgan fingerprint density at radius 1 is 1.17 bits per heavy atom. The van der Waals surface area contributed by atoms with E-state index in [-0.39, 0.29) is 16.4 Å². The predicted octanol–water partition coefficient (Wildman–Crippen LogP) is 3.06. The van der Waals surface area contributed by atoms with Crippen LogP contribution in [0, 0.1) is 12.7 Å². The van der Waals surface area contributed by atoms with Crippen LogP contribution in [0.3, 0.4) is 0 Å². The molecule has 5 nitrogen and oxygen atoms in total. The van der Waals surface area contributed by atoms with Crippen molar-refractivity contribution in [1.82, 2.24) is 0 Å². The molecule has 0 saturated heterocycles. The molecule has 0 aliphatic carbocycles. The maximum Gasteiger partial charge on any atom is 0.341 e. The summed E-state index contributed by atoms with van der Waals surface area (Å²) >= 11 is 0. The first-order chi connectivity index (χ1) is 11.2. The molecular weight excluding hydrogens is 335 g/mol. The fourth-order valence-electron chi connectivity index (χ4n) is 2.28. The zero-order chi connectivity index (χ0) is 17.9. The fourth-order valence-corrected chi connectivity index (χ4v) is 3.24. The number of sulfone groups is 1. The highest BCUT2D eigenvalue weighted by Gasteiger charge is 2.16. The average Bonchev–Trinajstić information content (AvgIpc) is 2.53. The summed E-state index contributed by atoms with van der Waals surface area (Å²) in [7, 11) is -3.34. The van der Waals surface area contributed by atoms with Crippen LogP contribution in [0.4, 0.5) is 4.39 Å². The zero-order valence-corrected chi connectivity index (χ0v) is 14.1. The number of ether oxygens (including phenoxy) is 1. The summed E-state index contributed by atoms with van der Waals surface area (Å²) in [6.45, 7) is 2.71. The predicted molar refractivity (Wildman–Crippen MR) is 87.4 cm³/mol. The van der Waals surface area contributed by atoms with E-state index in [1.807, 2.05) is 0 Å². The number of carboxylic acid groups (broad SMARTS) is 1. The van der Waals surface area contributed by atoms with Crippen LogP contribution in [0.1, 0.15) is 12.5 Å². The molecule has 0 saturated carbocycles. The van der Waals surface area contributed by atoms with Crippen LogP contribution in [0.15, 0.2) is 41.3 Å². The molecule has 0 aliphatic rings. The van der Waals surface area contributed by atoms with Gasteiger partial charge >= 0.3 is 5.97 Å².